The Labute approximate surface area is 164 Å². The fourth-order valence-electron chi connectivity index (χ4n) is 2.72. The van der Waals surface area contributed by atoms with Crippen molar-refractivity contribution in [2.24, 2.45) is 0 Å². The highest BCUT2D eigenvalue weighted by atomic mass is 32.2. The van der Waals surface area contributed by atoms with Crippen molar-refractivity contribution in [1.29, 1.82) is 0 Å². The van der Waals surface area contributed by atoms with E-state index < -0.39 is 10.0 Å². The first-order valence-corrected chi connectivity index (χ1v) is 10.7. The van der Waals surface area contributed by atoms with E-state index >= 15 is 0 Å². The van der Waals surface area contributed by atoms with Gasteiger partial charge in [-0.2, -0.15) is 0 Å². The molecule has 0 fully saturated rings. The Bertz CT molecular complexity index is 1030. The van der Waals surface area contributed by atoms with E-state index in [9.17, 15) is 13.2 Å². The Kier molecular flexibility index (Phi) is 6.11. The van der Waals surface area contributed by atoms with Gasteiger partial charge in [0, 0.05) is 37.0 Å². The summed E-state index contributed by atoms with van der Waals surface area (Å²) in [4.78, 5) is 16.9. The van der Waals surface area contributed by atoms with Crippen LogP contribution in [-0.4, -0.2) is 36.3 Å². The average Bonchev–Trinajstić information content (AvgIpc) is 3.10. The van der Waals surface area contributed by atoms with Gasteiger partial charge in [-0.25, -0.2) is 18.1 Å². The van der Waals surface area contributed by atoms with Gasteiger partial charge < -0.3 is 9.72 Å². The second-order valence-electron chi connectivity index (χ2n) is 6.66. The highest BCUT2D eigenvalue weighted by Crippen LogP contribution is 2.12. The Hall–Kier alpha value is -2.71. The molecule has 7 nitrogen and oxygen atoms in total. The quantitative estimate of drug-likeness (QED) is 0.607. The predicted octanol–water partition coefficient (Wildman–Crippen LogP) is 2.38. The molecule has 28 heavy (non-hydrogen) atoms. The fourth-order valence-corrected chi connectivity index (χ4v) is 4.04. The van der Waals surface area contributed by atoms with Crippen molar-refractivity contribution in [2.45, 2.75) is 37.6 Å². The number of carbonyl (C=O) groups excluding carboxylic acids is 1. The number of pyridine rings is 1. The van der Waals surface area contributed by atoms with Crippen molar-refractivity contribution in [3.05, 3.63) is 66.1 Å². The van der Waals surface area contributed by atoms with Crippen molar-refractivity contribution in [2.75, 3.05) is 6.54 Å². The van der Waals surface area contributed by atoms with E-state index in [-0.39, 0.29) is 16.8 Å². The van der Waals surface area contributed by atoms with Gasteiger partial charge in [-0.05, 0) is 49.7 Å². The third-order valence-corrected chi connectivity index (χ3v) is 6.08. The maximum atomic E-state index is 12.3. The molecule has 0 unspecified atom stereocenters. The van der Waals surface area contributed by atoms with E-state index in [1.807, 2.05) is 48.8 Å². The highest BCUT2D eigenvalue weighted by molar-refractivity contribution is 7.89. The zero-order valence-electron chi connectivity index (χ0n) is 15.9. The summed E-state index contributed by atoms with van der Waals surface area (Å²) < 4.78 is 29.1. The molecular formula is C20H24N4O3S. The summed E-state index contributed by atoms with van der Waals surface area (Å²) in [5.41, 5.74) is 2.17. The molecule has 0 saturated heterocycles. The molecule has 3 rings (SSSR count). The minimum absolute atomic E-state index is 0.146. The molecule has 8 heteroatoms. The van der Waals surface area contributed by atoms with Gasteiger partial charge >= 0.3 is 0 Å². The third kappa shape index (κ3) is 4.76. The van der Waals surface area contributed by atoms with Crippen LogP contribution in [0.3, 0.4) is 0 Å². The summed E-state index contributed by atoms with van der Waals surface area (Å²) in [6.45, 7) is 4.16. The van der Waals surface area contributed by atoms with Crippen LogP contribution in [-0.2, 0) is 16.4 Å². The molecule has 1 atom stereocenters. The van der Waals surface area contributed by atoms with Gasteiger partial charge in [-0.3, -0.25) is 4.79 Å². The first-order chi connectivity index (χ1) is 13.4. The van der Waals surface area contributed by atoms with Gasteiger partial charge in [0.1, 0.15) is 5.65 Å². The molecule has 0 saturated carbocycles. The standard InChI is InChI=1S/C20H24N4O3S/c1-3-15(2)23-28(26,27)18-9-7-16(8-10-18)20(25)21-12-11-17-14-24-13-5-4-6-19(24)22-17/h4-10,13-15,23H,3,11-12H2,1-2H3,(H,21,25)/t15-/m0/s1. The number of hydrogen-bond acceptors (Lipinski definition) is 4. The Morgan fingerprint density at radius 2 is 1.93 bits per heavy atom. The zero-order chi connectivity index (χ0) is 20.1. The molecule has 1 aromatic carbocycles. The highest BCUT2D eigenvalue weighted by Gasteiger charge is 2.17. The number of sulfonamides is 1. The number of carbonyl (C=O) groups is 1. The van der Waals surface area contributed by atoms with Crippen molar-refractivity contribution >= 4 is 21.6 Å². The number of fused-ring (bicyclic) bond motifs is 1. The van der Waals surface area contributed by atoms with Crippen LogP contribution in [0.4, 0.5) is 0 Å². The second kappa shape index (κ2) is 8.53. The molecule has 0 radical (unpaired) electrons. The lowest BCUT2D eigenvalue weighted by molar-refractivity contribution is 0.0954. The first-order valence-electron chi connectivity index (χ1n) is 9.22. The van der Waals surface area contributed by atoms with Gasteiger partial charge in [-0.15, -0.1) is 0 Å². The summed E-state index contributed by atoms with van der Waals surface area (Å²) in [5.74, 6) is -0.248. The van der Waals surface area contributed by atoms with E-state index in [2.05, 4.69) is 15.0 Å². The maximum absolute atomic E-state index is 12.3. The summed E-state index contributed by atoms with van der Waals surface area (Å²) >= 11 is 0. The average molecular weight is 401 g/mol. The largest absolute Gasteiger partial charge is 0.352 e. The lowest BCUT2D eigenvalue weighted by atomic mass is 10.2. The lowest BCUT2D eigenvalue weighted by Crippen LogP contribution is -2.32. The van der Waals surface area contributed by atoms with Crippen LogP contribution in [0.5, 0.6) is 0 Å². The van der Waals surface area contributed by atoms with Gasteiger partial charge in [0.05, 0.1) is 10.6 Å². The molecule has 2 aromatic heterocycles. The summed E-state index contributed by atoms with van der Waals surface area (Å²) in [6, 6.07) is 11.6. The zero-order valence-corrected chi connectivity index (χ0v) is 16.7. The number of nitrogens with zero attached hydrogens (tertiary/aromatic N) is 2. The molecule has 0 aliphatic carbocycles. The second-order valence-corrected chi connectivity index (χ2v) is 8.37. The van der Waals surface area contributed by atoms with Crippen molar-refractivity contribution in [1.82, 2.24) is 19.4 Å². The molecule has 2 heterocycles. The monoisotopic (exact) mass is 400 g/mol. The number of imidazole rings is 1. The number of nitrogens with one attached hydrogen (secondary N) is 2. The van der Waals surface area contributed by atoms with Crippen molar-refractivity contribution < 1.29 is 13.2 Å². The summed E-state index contributed by atoms with van der Waals surface area (Å²) in [7, 11) is -3.57. The summed E-state index contributed by atoms with van der Waals surface area (Å²) in [6.07, 6.45) is 5.17. The summed E-state index contributed by atoms with van der Waals surface area (Å²) in [5, 5.41) is 2.84. The van der Waals surface area contributed by atoms with Crippen molar-refractivity contribution in [3.63, 3.8) is 0 Å². The van der Waals surface area contributed by atoms with Crippen LogP contribution in [0, 0.1) is 0 Å². The SMILES string of the molecule is CC[C@H](C)NS(=O)(=O)c1ccc(C(=O)NCCc2cn3ccccc3n2)cc1. The van der Waals surface area contributed by atoms with Gasteiger partial charge in [0.2, 0.25) is 10.0 Å². The molecule has 0 aliphatic heterocycles. The predicted molar refractivity (Wildman–Crippen MR) is 108 cm³/mol. The van der Waals surface area contributed by atoms with Crippen molar-refractivity contribution in [3.8, 4) is 0 Å². The molecule has 3 aromatic rings. The lowest BCUT2D eigenvalue weighted by Gasteiger charge is -2.12. The van der Waals surface area contributed by atoms with Crippen LogP contribution in [0.25, 0.3) is 5.65 Å². The van der Waals surface area contributed by atoms with Crippen LogP contribution in [0.1, 0.15) is 36.3 Å². The fraction of sp³-hybridized carbons (Fsp3) is 0.300. The molecule has 148 valence electrons. The Morgan fingerprint density at radius 1 is 1.18 bits per heavy atom. The first kappa shape index (κ1) is 20.0. The minimum atomic E-state index is -3.57. The van der Waals surface area contributed by atoms with Crippen LogP contribution >= 0.6 is 0 Å². The van der Waals surface area contributed by atoms with Crippen LogP contribution in [0.15, 0.2) is 59.8 Å². The number of rotatable bonds is 8. The molecule has 2 N–H and O–H groups in total. The topological polar surface area (TPSA) is 92.6 Å². The van der Waals surface area contributed by atoms with Gasteiger partial charge in [0.25, 0.3) is 5.91 Å². The van der Waals surface area contributed by atoms with E-state index in [1.165, 1.54) is 24.3 Å². The number of hydrogen-bond donors (Lipinski definition) is 2. The molecular weight excluding hydrogens is 376 g/mol. The normalized spacial score (nSPS) is 12.8. The molecule has 1 amide bonds. The molecule has 0 spiro atoms. The van der Waals surface area contributed by atoms with E-state index in [4.69, 9.17) is 0 Å². The van der Waals surface area contributed by atoms with Gasteiger partial charge in [0.15, 0.2) is 0 Å². The number of aromatic nitrogens is 2. The van der Waals surface area contributed by atoms with E-state index in [1.54, 1.807) is 0 Å². The van der Waals surface area contributed by atoms with E-state index in [0.717, 1.165) is 11.3 Å². The molecule has 0 bridgehead atoms. The van der Waals surface area contributed by atoms with Gasteiger partial charge in [-0.1, -0.05) is 13.0 Å². The number of amides is 1. The molecule has 0 aliphatic rings. The Balaban J connectivity index is 1.57. The van der Waals surface area contributed by atoms with Crippen LogP contribution < -0.4 is 10.0 Å². The smallest absolute Gasteiger partial charge is 0.251 e. The van der Waals surface area contributed by atoms with Crippen LogP contribution in [0.2, 0.25) is 0 Å². The third-order valence-electron chi connectivity index (χ3n) is 4.48. The minimum Gasteiger partial charge on any atom is -0.352 e. The maximum Gasteiger partial charge on any atom is 0.251 e. The van der Waals surface area contributed by atoms with E-state index in [0.29, 0.717) is 24.9 Å². The number of benzene rings is 1. The Morgan fingerprint density at radius 3 is 2.61 bits per heavy atom.